The van der Waals surface area contributed by atoms with Crippen LogP contribution in [0, 0.1) is 5.21 Å². The first kappa shape index (κ1) is 10.7. The van der Waals surface area contributed by atoms with Gasteiger partial charge >= 0.3 is 0 Å². The Bertz CT molecular complexity index is 584. The van der Waals surface area contributed by atoms with Crippen LogP contribution in [0.5, 0.6) is 0 Å². The molecule has 2 heterocycles. The summed E-state index contributed by atoms with van der Waals surface area (Å²) in [4.78, 5) is 3.98. The fraction of sp³-hybridized carbons (Fsp3) is 0. The van der Waals surface area contributed by atoms with Gasteiger partial charge in [0.2, 0.25) is 0 Å². The van der Waals surface area contributed by atoms with Crippen molar-refractivity contribution >= 4 is 23.0 Å². The molecular formula is C12H11N5O. The van der Waals surface area contributed by atoms with Gasteiger partial charge in [0, 0.05) is 12.3 Å². The van der Waals surface area contributed by atoms with E-state index >= 15 is 0 Å². The second-order valence-electron chi connectivity index (χ2n) is 3.80. The summed E-state index contributed by atoms with van der Waals surface area (Å²) in [5, 5.41) is 21.6. The van der Waals surface area contributed by atoms with Gasteiger partial charge in [0.1, 0.15) is 5.69 Å². The number of fused-ring (bicyclic) bond motifs is 1. The number of hydrogen-bond donors (Lipinski definition) is 3. The number of aromatic nitrogens is 1. The van der Waals surface area contributed by atoms with Crippen LogP contribution in [-0.2, 0) is 0 Å². The normalized spacial score (nSPS) is 17.4. The van der Waals surface area contributed by atoms with Gasteiger partial charge in [0.25, 0.3) is 5.96 Å². The second-order valence-corrected chi connectivity index (χ2v) is 3.80. The Morgan fingerprint density at radius 2 is 2.06 bits per heavy atom. The van der Waals surface area contributed by atoms with Crippen LogP contribution in [0.3, 0.4) is 0 Å². The molecule has 0 spiro atoms. The van der Waals surface area contributed by atoms with Gasteiger partial charge in [-0.05, 0) is 23.3 Å². The zero-order valence-corrected chi connectivity index (χ0v) is 9.42. The molecule has 6 heteroatoms. The van der Waals surface area contributed by atoms with Crippen molar-refractivity contribution in [1.29, 1.82) is 0 Å². The highest BCUT2D eigenvalue weighted by Gasteiger charge is 2.18. The zero-order chi connectivity index (χ0) is 12.4. The van der Waals surface area contributed by atoms with Crippen LogP contribution in [0.25, 0.3) is 0 Å². The first-order valence-corrected chi connectivity index (χ1v) is 5.49. The molecule has 1 unspecified atom stereocenters. The van der Waals surface area contributed by atoms with Crippen LogP contribution < -0.4 is 15.8 Å². The number of hydrogen-bond acceptors (Lipinski definition) is 5. The molecule has 0 fully saturated rings. The molecule has 1 atom stereocenters. The number of nitrogens with zero attached hydrogens (tertiary/aromatic N) is 2. The topological polar surface area (TPSA) is 76.8 Å². The Balaban J connectivity index is 1.84. The fourth-order valence-corrected chi connectivity index (χ4v) is 1.73. The molecular weight excluding hydrogens is 230 g/mol. The lowest BCUT2D eigenvalue weighted by molar-refractivity contribution is -0.783. The average Bonchev–Trinajstić information content (AvgIpc) is 2.40. The molecule has 0 bridgehead atoms. The molecule has 1 aromatic heterocycles. The van der Waals surface area contributed by atoms with E-state index in [1.807, 2.05) is 30.3 Å². The minimum Gasteiger partial charge on any atom is -0.601 e. The number of anilines is 2. The highest BCUT2D eigenvalue weighted by Crippen LogP contribution is 2.19. The van der Waals surface area contributed by atoms with Gasteiger partial charge in [-0.1, -0.05) is 12.1 Å². The van der Waals surface area contributed by atoms with Gasteiger partial charge in [-0.2, -0.15) is 0 Å². The Morgan fingerprint density at radius 1 is 1.17 bits per heavy atom. The highest BCUT2D eigenvalue weighted by molar-refractivity contribution is 6.05. The first-order chi connectivity index (χ1) is 8.83. The van der Waals surface area contributed by atoms with Crippen molar-refractivity contribution in [2.45, 2.75) is 0 Å². The minimum atomic E-state index is -0.254. The van der Waals surface area contributed by atoms with E-state index in [-0.39, 0.29) is 5.17 Å². The van der Waals surface area contributed by atoms with Crippen LogP contribution in [0.1, 0.15) is 0 Å². The Morgan fingerprint density at radius 3 is 2.89 bits per heavy atom. The van der Waals surface area contributed by atoms with E-state index in [1.54, 1.807) is 18.5 Å². The molecule has 6 nitrogen and oxygen atoms in total. The van der Waals surface area contributed by atoms with Gasteiger partial charge in [-0.25, -0.2) is 5.17 Å². The molecule has 1 aliphatic rings. The zero-order valence-electron chi connectivity index (χ0n) is 9.42. The maximum atomic E-state index is 11.8. The maximum absolute atomic E-state index is 11.8. The Hall–Kier alpha value is -2.44. The van der Waals surface area contributed by atoms with Crippen molar-refractivity contribution in [2.75, 3.05) is 10.6 Å². The maximum Gasteiger partial charge on any atom is 0.260 e. The highest BCUT2D eigenvalue weighted by atomic mass is 16.5. The molecule has 0 aliphatic carbocycles. The molecule has 1 aromatic carbocycles. The van der Waals surface area contributed by atoms with E-state index in [2.05, 4.69) is 20.7 Å². The van der Waals surface area contributed by atoms with Crippen LogP contribution >= 0.6 is 0 Å². The number of pyridine rings is 1. The quantitative estimate of drug-likeness (QED) is 0.648. The van der Waals surface area contributed by atoms with Crippen LogP contribution in [-0.4, -0.2) is 10.9 Å². The van der Waals surface area contributed by atoms with Crippen molar-refractivity contribution < 1.29 is 5.17 Å². The molecule has 0 amide bonds. The van der Waals surface area contributed by atoms with Gasteiger partial charge in [0.05, 0.1) is 11.9 Å². The number of benzene rings is 1. The molecule has 3 rings (SSSR count). The summed E-state index contributed by atoms with van der Waals surface area (Å²) in [6.45, 7) is 0. The number of rotatable bonds is 1. The lowest BCUT2D eigenvalue weighted by atomic mass is 10.2. The molecule has 18 heavy (non-hydrogen) atoms. The standard InChI is InChI=1S/C12H11N5O/c18-17-11-6-2-1-5-10(11)15-12(16-17)14-9-4-3-7-13-8-9/h1-8,17H,(H2,14,15,16). The third-order valence-corrected chi connectivity index (χ3v) is 2.55. The van der Waals surface area contributed by atoms with Crippen molar-refractivity contribution in [3.8, 4) is 0 Å². The number of para-hydroxylation sites is 1. The number of guanidine groups is 1. The second kappa shape index (κ2) is 4.44. The van der Waals surface area contributed by atoms with Crippen LogP contribution in [0.4, 0.5) is 17.1 Å². The molecule has 0 saturated heterocycles. The lowest BCUT2D eigenvalue weighted by Crippen LogP contribution is -2.98. The lowest BCUT2D eigenvalue weighted by Gasteiger charge is -2.24. The molecule has 2 aromatic rings. The number of nitrogens with one attached hydrogen (secondary N) is 3. The summed E-state index contributed by atoms with van der Waals surface area (Å²) in [5.74, 6) is 0.409. The van der Waals surface area contributed by atoms with Crippen molar-refractivity contribution in [3.05, 3.63) is 54.0 Å². The fourth-order valence-electron chi connectivity index (χ4n) is 1.73. The van der Waals surface area contributed by atoms with Gasteiger partial charge < -0.3 is 15.8 Å². The Kier molecular flexibility index (Phi) is 2.64. The minimum absolute atomic E-state index is 0.254. The van der Waals surface area contributed by atoms with Crippen molar-refractivity contribution in [3.63, 3.8) is 0 Å². The summed E-state index contributed by atoms with van der Waals surface area (Å²) in [6.07, 6.45) is 3.34. The van der Waals surface area contributed by atoms with Gasteiger partial charge in [-0.15, -0.1) is 0 Å². The van der Waals surface area contributed by atoms with Gasteiger partial charge in [-0.3, -0.25) is 4.98 Å². The van der Waals surface area contributed by atoms with E-state index < -0.39 is 0 Å². The van der Waals surface area contributed by atoms with Crippen molar-refractivity contribution in [1.82, 2.24) is 4.98 Å². The Labute approximate surface area is 104 Å². The van der Waals surface area contributed by atoms with E-state index in [4.69, 9.17) is 0 Å². The summed E-state index contributed by atoms with van der Waals surface area (Å²) >= 11 is 0. The number of quaternary nitrogens is 1. The summed E-state index contributed by atoms with van der Waals surface area (Å²) in [5.41, 5.74) is 2.11. The monoisotopic (exact) mass is 241 g/mol. The predicted molar refractivity (Wildman–Crippen MR) is 69.3 cm³/mol. The molecule has 90 valence electrons. The summed E-state index contributed by atoms with van der Waals surface area (Å²) in [7, 11) is 0. The summed E-state index contributed by atoms with van der Waals surface area (Å²) in [6, 6.07) is 10.9. The SMILES string of the molecule is [O-][NH+]1N=C(Nc2cccnc2)Nc2ccccc21. The van der Waals surface area contributed by atoms with Crippen LogP contribution in [0.2, 0.25) is 0 Å². The van der Waals surface area contributed by atoms with Crippen LogP contribution in [0.15, 0.2) is 53.9 Å². The average molecular weight is 241 g/mol. The first-order valence-electron chi connectivity index (χ1n) is 5.49. The van der Waals surface area contributed by atoms with E-state index in [0.717, 1.165) is 11.4 Å². The van der Waals surface area contributed by atoms with E-state index in [0.29, 0.717) is 11.6 Å². The molecule has 3 N–H and O–H groups in total. The predicted octanol–water partition coefficient (Wildman–Crippen LogP) is 0.904. The molecule has 0 saturated carbocycles. The third kappa shape index (κ3) is 2.02. The van der Waals surface area contributed by atoms with E-state index in [9.17, 15) is 5.21 Å². The summed E-state index contributed by atoms with van der Waals surface area (Å²) < 4.78 is 0. The van der Waals surface area contributed by atoms with Gasteiger partial charge in [0.15, 0.2) is 5.69 Å². The molecule has 0 radical (unpaired) electrons. The largest absolute Gasteiger partial charge is 0.601 e. The van der Waals surface area contributed by atoms with E-state index in [1.165, 1.54) is 0 Å². The molecule has 1 aliphatic heterocycles. The smallest absolute Gasteiger partial charge is 0.260 e. The third-order valence-electron chi connectivity index (χ3n) is 2.55. The van der Waals surface area contributed by atoms with Crippen molar-refractivity contribution in [2.24, 2.45) is 5.10 Å².